The van der Waals surface area contributed by atoms with Gasteiger partial charge in [0.1, 0.15) is 0 Å². The summed E-state index contributed by atoms with van der Waals surface area (Å²) in [6.07, 6.45) is 1.52. The first kappa shape index (κ1) is 20.2. The van der Waals surface area contributed by atoms with Crippen LogP contribution in [0.2, 0.25) is 0 Å². The molecular weight excluding hydrogens is 424 g/mol. The second-order valence-corrected chi connectivity index (χ2v) is 8.69. The van der Waals surface area contributed by atoms with Crippen molar-refractivity contribution in [3.8, 4) is 0 Å². The Kier molecular flexibility index (Phi) is 4.32. The van der Waals surface area contributed by atoms with Crippen molar-refractivity contribution in [1.82, 2.24) is 18.7 Å². The van der Waals surface area contributed by atoms with Gasteiger partial charge in [-0.25, -0.2) is 9.78 Å². The summed E-state index contributed by atoms with van der Waals surface area (Å²) in [4.78, 5) is 27.2. The average molecular weight is 447 g/mol. The first-order valence-electron chi connectivity index (χ1n) is 11.1. The van der Waals surface area contributed by atoms with E-state index < -0.39 is 0 Å². The van der Waals surface area contributed by atoms with E-state index in [0.29, 0.717) is 11.2 Å². The molecule has 0 unspecified atom stereocenters. The van der Waals surface area contributed by atoms with Crippen molar-refractivity contribution in [2.75, 3.05) is 0 Å². The van der Waals surface area contributed by atoms with Gasteiger partial charge in [0.25, 0.3) is 5.56 Å². The molecule has 0 bridgehead atoms. The molecule has 0 aliphatic rings. The molecule has 0 saturated heterocycles. The molecule has 6 nitrogen and oxygen atoms in total. The minimum atomic E-state index is -0.360. The Morgan fingerprint density at radius 1 is 0.647 bits per heavy atom. The number of rotatable bonds is 0. The SMILES string of the molecule is Cn1c(=O)c2c(ncn2C)n(C)c1=O.c1ccc2c(c1)cc1ccc3cccc4ccc2c1c34. The van der Waals surface area contributed by atoms with Gasteiger partial charge in [-0.3, -0.25) is 13.9 Å². The Morgan fingerprint density at radius 2 is 1.32 bits per heavy atom. The van der Waals surface area contributed by atoms with Crippen LogP contribution in [0.25, 0.3) is 54.3 Å². The molecular formula is C28H22N4O2. The van der Waals surface area contributed by atoms with E-state index in [1.165, 1.54) is 61.0 Å². The maximum Gasteiger partial charge on any atom is 0.332 e. The minimum Gasteiger partial charge on any atom is -0.328 e. The molecule has 166 valence electrons. The van der Waals surface area contributed by atoms with E-state index in [1.54, 1.807) is 18.7 Å². The maximum absolute atomic E-state index is 11.7. The van der Waals surface area contributed by atoms with Crippen LogP contribution >= 0.6 is 0 Å². The molecule has 0 saturated carbocycles. The molecule has 6 heteroatoms. The average Bonchev–Trinajstić information content (AvgIpc) is 3.26. The summed E-state index contributed by atoms with van der Waals surface area (Å²) < 4.78 is 4.04. The molecule has 5 aromatic carbocycles. The molecule has 7 aromatic rings. The van der Waals surface area contributed by atoms with Gasteiger partial charge in [-0.15, -0.1) is 0 Å². The van der Waals surface area contributed by atoms with Crippen molar-refractivity contribution in [3.05, 3.63) is 100.0 Å². The molecule has 0 aliphatic heterocycles. The van der Waals surface area contributed by atoms with Gasteiger partial charge >= 0.3 is 5.69 Å². The summed E-state index contributed by atoms with van der Waals surface area (Å²) in [5.74, 6) is 0. The zero-order chi connectivity index (χ0) is 23.6. The van der Waals surface area contributed by atoms with Crippen LogP contribution in [0.4, 0.5) is 0 Å². The summed E-state index contributed by atoms with van der Waals surface area (Å²) in [5, 5.41) is 10.8. The highest BCUT2D eigenvalue weighted by atomic mass is 16.2. The molecule has 0 fully saturated rings. The van der Waals surface area contributed by atoms with Crippen molar-refractivity contribution >= 4 is 54.3 Å². The van der Waals surface area contributed by atoms with E-state index in [-0.39, 0.29) is 11.2 Å². The molecule has 7 rings (SSSR count). The number of benzene rings is 5. The predicted octanol–water partition coefficient (Wildman–Crippen LogP) is 4.71. The summed E-state index contributed by atoms with van der Waals surface area (Å²) in [5.41, 5.74) is 0.180. The predicted molar refractivity (Wildman–Crippen MR) is 139 cm³/mol. The largest absolute Gasteiger partial charge is 0.332 e. The van der Waals surface area contributed by atoms with E-state index in [2.05, 4.69) is 77.8 Å². The second-order valence-electron chi connectivity index (χ2n) is 8.69. The Labute approximate surface area is 194 Å². The summed E-state index contributed by atoms with van der Waals surface area (Å²) >= 11 is 0. The minimum absolute atomic E-state index is 0.317. The second kappa shape index (κ2) is 7.28. The number of hydrogen-bond donors (Lipinski definition) is 0. The number of hydrogen-bond acceptors (Lipinski definition) is 3. The standard InChI is InChI=1S/C20H12.C8H10N4O2/c1-2-7-17-15(4-1)12-16-9-8-13-5-3-6-14-10-11-18(17)20(16)19(13)14;1-10-4-9-6-5(10)7(13)12(3)8(14)11(6)2/h1-12H;4H,1-3H3. The van der Waals surface area contributed by atoms with Crippen molar-refractivity contribution in [1.29, 1.82) is 0 Å². The fourth-order valence-corrected chi connectivity index (χ4v) is 4.96. The third-order valence-electron chi connectivity index (χ3n) is 6.69. The Hall–Kier alpha value is -4.45. The summed E-state index contributed by atoms with van der Waals surface area (Å²) in [6, 6.07) is 26.5. The van der Waals surface area contributed by atoms with Crippen LogP contribution < -0.4 is 11.2 Å². The fraction of sp³-hybridized carbons (Fsp3) is 0.107. The topological polar surface area (TPSA) is 61.8 Å². The molecule has 2 aromatic heterocycles. The molecule has 0 aliphatic carbocycles. The van der Waals surface area contributed by atoms with Gasteiger partial charge < -0.3 is 4.57 Å². The van der Waals surface area contributed by atoms with Crippen molar-refractivity contribution in [2.45, 2.75) is 0 Å². The first-order valence-corrected chi connectivity index (χ1v) is 11.1. The number of nitrogens with zero attached hydrogens (tertiary/aromatic N) is 4. The van der Waals surface area contributed by atoms with Crippen molar-refractivity contribution in [2.24, 2.45) is 21.1 Å². The van der Waals surface area contributed by atoms with E-state index in [1.807, 2.05) is 0 Å². The molecule has 2 heterocycles. The Bertz CT molecular complexity index is 1980. The zero-order valence-electron chi connectivity index (χ0n) is 19.1. The third kappa shape index (κ3) is 2.78. The first-order chi connectivity index (χ1) is 16.5. The van der Waals surface area contributed by atoms with Gasteiger partial charge in [-0.05, 0) is 49.2 Å². The number of aryl methyl sites for hydroxylation is 2. The number of imidazole rings is 1. The van der Waals surface area contributed by atoms with Crippen molar-refractivity contribution in [3.63, 3.8) is 0 Å². The highest BCUT2D eigenvalue weighted by Gasteiger charge is 2.12. The maximum atomic E-state index is 11.7. The van der Waals surface area contributed by atoms with Gasteiger partial charge in [0, 0.05) is 21.1 Å². The quantitative estimate of drug-likeness (QED) is 0.250. The number of fused-ring (bicyclic) bond motifs is 3. The molecule has 0 N–H and O–H groups in total. The summed E-state index contributed by atoms with van der Waals surface area (Å²) in [7, 11) is 4.77. The number of aromatic nitrogens is 4. The molecule has 0 amide bonds. The van der Waals surface area contributed by atoms with Gasteiger partial charge in [0.2, 0.25) is 0 Å². The van der Waals surface area contributed by atoms with Crippen LogP contribution in [0.5, 0.6) is 0 Å². The van der Waals surface area contributed by atoms with Gasteiger partial charge in [0.15, 0.2) is 11.2 Å². The lowest BCUT2D eigenvalue weighted by Crippen LogP contribution is -2.37. The lowest BCUT2D eigenvalue weighted by molar-refractivity contribution is 0.705. The lowest BCUT2D eigenvalue weighted by atomic mass is 9.91. The molecule has 0 spiro atoms. The monoisotopic (exact) mass is 446 g/mol. The van der Waals surface area contributed by atoms with E-state index in [4.69, 9.17) is 0 Å². The smallest absolute Gasteiger partial charge is 0.328 e. The van der Waals surface area contributed by atoms with Crippen LogP contribution in [0.1, 0.15) is 0 Å². The molecule has 34 heavy (non-hydrogen) atoms. The van der Waals surface area contributed by atoms with Crippen LogP contribution in [0.3, 0.4) is 0 Å². The summed E-state index contributed by atoms with van der Waals surface area (Å²) in [6.45, 7) is 0. The van der Waals surface area contributed by atoms with E-state index in [0.717, 1.165) is 4.57 Å². The van der Waals surface area contributed by atoms with Crippen LogP contribution in [0, 0.1) is 0 Å². The normalized spacial score (nSPS) is 11.6. The Morgan fingerprint density at radius 3 is 2.12 bits per heavy atom. The van der Waals surface area contributed by atoms with Crippen molar-refractivity contribution < 1.29 is 0 Å². The lowest BCUT2D eigenvalue weighted by Gasteiger charge is -2.12. The van der Waals surface area contributed by atoms with Crippen LogP contribution in [0.15, 0.2) is 88.7 Å². The molecule has 0 atom stereocenters. The van der Waals surface area contributed by atoms with Crippen LogP contribution in [-0.4, -0.2) is 18.7 Å². The highest BCUT2D eigenvalue weighted by molar-refractivity contribution is 6.28. The third-order valence-corrected chi connectivity index (χ3v) is 6.69. The highest BCUT2D eigenvalue weighted by Crippen LogP contribution is 2.38. The van der Waals surface area contributed by atoms with E-state index in [9.17, 15) is 9.59 Å². The van der Waals surface area contributed by atoms with Gasteiger partial charge in [-0.1, -0.05) is 66.7 Å². The van der Waals surface area contributed by atoms with Crippen LogP contribution in [-0.2, 0) is 21.1 Å². The fourth-order valence-electron chi connectivity index (χ4n) is 4.96. The van der Waals surface area contributed by atoms with Gasteiger partial charge in [-0.2, -0.15) is 0 Å². The van der Waals surface area contributed by atoms with Gasteiger partial charge in [0.05, 0.1) is 6.33 Å². The zero-order valence-corrected chi connectivity index (χ0v) is 19.1. The molecule has 0 radical (unpaired) electrons. The van der Waals surface area contributed by atoms with E-state index >= 15 is 0 Å². The Balaban J connectivity index is 0.000000137.